The molecule has 1 unspecified atom stereocenters. The molecule has 2 heterocycles. The van der Waals surface area contributed by atoms with Crippen LogP contribution in [0.5, 0.6) is 5.75 Å². The number of ether oxygens (including phenoxy) is 2. The average Bonchev–Trinajstić information content (AvgIpc) is 3.37. The lowest BCUT2D eigenvalue weighted by Gasteiger charge is -2.25. The Morgan fingerprint density at radius 1 is 1.14 bits per heavy atom. The number of hydrogen-bond acceptors (Lipinski definition) is 7. The highest BCUT2D eigenvalue weighted by molar-refractivity contribution is 7.90. The van der Waals surface area contributed by atoms with Gasteiger partial charge in [-0.2, -0.15) is 0 Å². The van der Waals surface area contributed by atoms with Gasteiger partial charge in [-0.15, -0.1) is 0 Å². The summed E-state index contributed by atoms with van der Waals surface area (Å²) >= 11 is 0. The van der Waals surface area contributed by atoms with E-state index in [4.69, 9.17) is 13.9 Å². The summed E-state index contributed by atoms with van der Waals surface area (Å²) in [5.41, 5.74) is 1.91. The lowest BCUT2D eigenvalue weighted by molar-refractivity contribution is 0.0591. The number of esters is 1. The van der Waals surface area contributed by atoms with Gasteiger partial charge in [-0.05, 0) is 55.4 Å². The topological polar surface area (TPSA) is 86.1 Å². The molecule has 0 bridgehead atoms. The maximum absolute atomic E-state index is 14.1. The molecule has 0 aliphatic carbocycles. The van der Waals surface area contributed by atoms with Crippen LogP contribution in [0.3, 0.4) is 0 Å². The number of rotatable bonds is 9. The van der Waals surface area contributed by atoms with Crippen molar-refractivity contribution in [2.24, 2.45) is 0 Å². The number of nitrogens with zero attached hydrogens (tertiary/aromatic N) is 1. The Kier molecular flexibility index (Phi) is 7.85. The molecule has 196 valence electrons. The van der Waals surface area contributed by atoms with Gasteiger partial charge in [0.25, 0.3) is 0 Å². The molecular formula is C28H30FNO6S. The first kappa shape index (κ1) is 26.6. The van der Waals surface area contributed by atoms with E-state index in [9.17, 15) is 17.6 Å². The lowest BCUT2D eigenvalue weighted by Crippen LogP contribution is -2.22. The molecule has 0 saturated heterocycles. The molecule has 4 rings (SSSR count). The molecule has 3 aromatic rings. The van der Waals surface area contributed by atoms with E-state index in [0.717, 1.165) is 24.7 Å². The Hall–Kier alpha value is -3.43. The predicted molar refractivity (Wildman–Crippen MR) is 139 cm³/mol. The number of methoxy groups -OCH3 is 1. The van der Waals surface area contributed by atoms with Crippen molar-refractivity contribution in [2.75, 3.05) is 26.7 Å². The molecule has 37 heavy (non-hydrogen) atoms. The number of sulfone groups is 1. The van der Waals surface area contributed by atoms with Crippen molar-refractivity contribution in [3.05, 3.63) is 77.0 Å². The molecule has 0 radical (unpaired) electrons. The van der Waals surface area contributed by atoms with Gasteiger partial charge >= 0.3 is 5.97 Å². The molecule has 0 saturated carbocycles. The highest BCUT2D eigenvalue weighted by Gasteiger charge is 2.33. The second kappa shape index (κ2) is 10.9. The normalized spacial score (nSPS) is 14.9. The summed E-state index contributed by atoms with van der Waals surface area (Å²) in [6.45, 7) is 8.13. The molecule has 7 nitrogen and oxygen atoms in total. The van der Waals surface area contributed by atoms with Crippen LogP contribution in [0, 0.1) is 5.82 Å². The molecular weight excluding hydrogens is 497 g/mol. The first-order valence-electron chi connectivity index (χ1n) is 12.1. The number of benzene rings is 2. The lowest BCUT2D eigenvalue weighted by atomic mass is 9.95. The quantitative estimate of drug-likeness (QED) is 0.262. The third-order valence-corrected chi connectivity index (χ3v) is 8.22. The van der Waals surface area contributed by atoms with Crippen LogP contribution >= 0.6 is 0 Å². The van der Waals surface area contributed by atoms with Crippen LogP contribution in [-0.2, 0) is 20.3 Å². The van der Waals surface area contributed by atoms with Gasteiger partial charge in [0.15, 0.2) is 21.7 Å². The fourth-order valence-electron chi connectivity index (χ4n) is 4.52. The maximum atomic E-state index is 14.1. The second-order valence-corrected chi connectivity index (χ2v) is 10.7. The second-order valence-electron chi connectivity index (χ2n) is 8.76. The van der Waals surface area contributed by atoms with Crippen LogP contribution in [0.1, 0.15) is 54.1 Å². The Labute approximate surface area is 216 Å². The zero-order valence-corrected chi connectivity index (χ0v) is 22.1. The van der Waals surface area contributed by atoms with Gasteiger partial charge in [-0.3, -0.25) is 0 Å². The number of fused-ring (bicyclic) bond motifs is 3. The molecule has 0 fully saturated rings. The summed E-state index contributed by atoms with van der Waals surface area (Å²) in [7, 11) is -2.76. The van der Waals surface area contributed by atoms with Crippen molar-refractivity contribution < 1.29 is 31.5 Å². The monoisotopic (exact) mass is 527 g/mol. The van der Waals surface area contributed by atoms with Gasteiger partial charge in [-0.1, -0.05) is 38.1 Å². The van der Waals surface area contributed by atoms with Crippen molar-refractivity contribution in [2.45, 2.75) is 37.5 Å². The van der Waals surface area contributed by atoms with Crippen LogP contribution in [0.15, 0.2) is 58.1 Å². The largest absolute Gasteiger partial charge is 0.481 e. The molecule has 1 aliphatic heterocycles. The van der Waals surface area contributed by atoms with Gasteiger partial charge in [0.2, 0.25) is 0 Å². The minimum atomic E-state index is -3.99. The highest BCUT2D eigenvalue weighted by Crippen LogP contribution is 2.46. The van der Waals surface area contributed by atoms with E-state index in [2.05, 4.69) is 4.90 Å². The van der Waals surface area contributed by atoms with E-state index in [-0.39, 0.29) is 27.3 Å². The minimum Gasteiger partial charge on any atom is -0.481 e. The molecule has 2 aromatic carbocycles. The van der Waals surface area contributed by atoms with E-state index in [1.807, 2.05) is 19.9 Å². The number of carbonyl (C=O) groups is 1. The van der Waals surface area contributed by atoms with Gasteiger partial charge in [0.1, 0.15) is 17.1 Å². The molecule has 0 amide bonds. The number of likely N-dealkylation sites (N-methyl/N-ethyl adjacent to an activating group) is 1. The van der Waals surface area contributed by atoms with Gasteiger partial charge in [0, 0.05) is 17.7 Å². The molecule has 1 atom stereocenters. The van der Waals surface area contributed by atoms with E-state index in [1.165, 1.54) is 19.2 Å². The van der Waals surface area contributed by atoms with Crippen molar-refractivity contribution in [3.8, 4) is 16.9 Å². The molecule has 9 heteroatoms. The number of hydrogen-bond donors (Lipinski definition) is 0. The summed E-state index contributed by atoms with van der Waals surface area (Å²) < 4.78 is 57.9. The Morgan fingerprint density at radius 2 is 1.89 bits per heavy atom. The predicted octanol–water partition coefficient (Wildman–Crippen LogP) is 5.65. The zero-order chi connectivity index (χ0) is 26.7. The van der Waals surface area contributed by atoms with Crippen molar-refractivity contribution in [1.82, 2.24) is 4.90 Å². The highest BCUT2D eigenvalue weighted by atomic mass is 32.2. The summed E-state index contributed by atoms with van der Waals surface area (Å²) in [5, 5.41) is 0. The SMILES string of the molecule is CCN(CC)CC=Cc1cc(F)ccc1S(=O)(=O)Cc1ccc2c(c1C(=O)OC)OC(C)c1occc1-2. The van der Waals surface area contributed by atoms with Gasteiger partial charge < -0.3 is 18.8 Å². The number of halogens is 1. The van der Waals surface area contributed by atoms with Crippen molar-refractivity contribution >= 4 is 21.9 Å². The van der Waals surface area contributed by atoms with E-state index in [0.29, 0.717) is 17.9 Å². The number of furan rings is 1. The van der Waals surface area contributed by atoms with E-state index in [1.54, 1.807) is 37.5 Å². The first-order valence-corrected chi connectivity index (χ1v) is 13.7. The van der Waals surface area contributed by atoms with Gasteiger partial charge in [-0.25, -0.2) is 17.6 Å². The summed E-state index contributed by atoms with van der Waals surface area (Å²) in [6.07, 6.45) is 4.50. The third kappa shape index (κ3) is 5.33. The minimum absolute atomic E-state index is 0.0235. The zero-order valence-electron chi connectivity index (χ0n) is 21.3. The van der Waals surface area contributed by atoms with E-state index < -0.39 is 33.5 Å². The fourth-order valence-corrected chi connectivity index (χ4v) is 6.09. The summed E-state index contributed by atoms with van der Waals surface area (Å²) in [4.78, 5) is 15.0. The Morgan fingerprint density at radius 3 is 2.59 bits per heavy atom. The van der Waals surface area contributed by atoms with Crippen LogP contribution in [0.25, 0.3) is 17.2 Å². The van der Waals surface area contributed by atoms with Crippen LogP contribution < -0.4 is 4.74 Å². The smallest absolute Gasteiger partial charge is 0.341 e. The Balaban J connectivity index is 1.75. The van der Waals surface area contributed by atoms with Crippen LogP contribution in [0.4, 0.5) is 4.39 Å². The molecule has 1 aliphatic rings. The van der Waals surface area contributed by atoms with Crippen molar-refractivity contribution in [1.29, 1.82) is 0 Å². The van der Waals surface area contributed by atoms with Crippen molar-refractivity contribution in [3.63, 3.8) is 0 Å². The fraction of sp³-hybridized carbons (Fsp3) is 0.321. The number of carbonyl (C=O) groups excluding carboxylic acids is 1. The van der Waals surface area contributed by atoms with E-state index >= 15 is 0 Å². The summed E-state index contributed by atoms with van der Waals surface area (Å²) in [6, 6.07) is 8.65. The average molecular weight is 528 g/mol. The van der Waals surface area contributed by atoms with Gasteiger partial charge in [0.05, 0.1) is 24.0 Å². The molecule has 1 aromatic heterocycles. The maximum Gasteiger partial charge on any atom is 0.341 e. The first-order chi connectivity index (χ1) is 17.7. The molecule has 0 N–H and O–H groups in total. The van der Waals surface area contributed by atoms with Crippen LogP contribution in [0.2, 0.25) is 0 Å². The Bertz CT molecular complexity index is 1440. The third-order valence-electron chi connectivity index (χ3n) is 6.49. The standard InChI is InChI=1S/C28H30FNO6S/c1-5-30(6-2)14-7-8-19-16-21(29)10-12-24(19)37(32,33)17-20-9-11-22-23-13-15-35-26(23)18(3)36-27(22)25(20)28(31)34-4/h7-13,15-16,18H,5-6,14,17H2,1-4H3. The summed E-state index contributed by atoms with van der Waals surface area (Å²) in [5.74, 6) is -0.873. The van der Waals surface area contributed by atoms with Crippen LogP contribution in [-0.4, -0.2) is 46.0 Å². The molecule has 0 spiro atoms.